The number of hydrogen-bond donors (Lipinski definition) is 0. The van der Waals surface area contributed by atoms with Crippen molar-refractivity contribution < 1.29 is 95.3 Å². The number of rotatable bonds is 12. The molecule has 0 saturated carbocycles. The van der Waals surface area contributed by atoms with Gasteiger partial charge in [-0.2, -0.15) is 0 Å². The number of carbonyl (C=O) groups excluding carboxylic acids is 10. The molecule has 4 heterocycles. The lowest BCUT2D eigenvalue weighted by Gasteiger charge is -2.08. The van der Waals surface area contributed by atoms with Gasteiger partial charge in [-0.3, -0.25) is 0 Å². The molecule has 4 unspecified atom stereocenters. The van der Waals surface area contributed by atoms with Crippen molar-refractivity contribution in [1.82, 2.24) is 0 Å². The monoisotopic (exact) mass is 768 g/mol. The van der Waals surface area contributed by atoms with Crippen molar-refractivity contribution in [2.75, 3.05) is 39.6 Å². The lowest BCUT2D eigenvalue weighted by Crippen LogP contribution is -2.26. The number of cyclic esters (lactones) is 4. The maximum absolute atomic E-state index is 11.1. The fraction of sp³-hybridized carbons (Fsp3) is 0.471. The van der Waals surface area contributed by atoms with Gasteiger partial charge in [0, 0.05) is 49.0 Å². The summed E-state index contributed by atoms with van der Waals surface area (Å²) in [5, 5.41) is 0. The second kappa shape index (κ2) is 24.0. The van der Waals surface area contributed by atoms with Crippen molar-refractivity contribution in [3.8, 4) is 0 Å². The number of ether oxygens (including phenoxy) is 10. The van der Waals surface area contributed by atoms with Crippen LogP contribution in [0.3, 0.4) is 0 Å². The van der Waals surface area contributed by atoms with Crippen LogP contribution in [0.25, 0.3) is 0 Å². The summed E-state index contributed by atoms with van der Waals surface area (Å²) in [6.07, 6.45) is 0.295. The van der Waals surface area contributed by atoms with E-state index < -0.39 is 97.3 Å². The van der Waals surface area contributed by atoms with Crippen LogP contribution in [0.15, 0.2) is 49.6 Å². The third-order valence-electron chi connectivity index (χ3n) is 6.29. The highest BCUT2D eigenvalue weighted by Gasteiger charge is 2.32. The van der Waals surface area contributed by atoms with Crippen LogP contribution in [0.4, 0.5) is 0 Å². The molecule has 4 aliphatic rings. The van der Waals surface area contributed by atoms with E-state index in [-0.39, 0.29) is 24.4 Å². The number of esters is 10. The van der Waals surface area contributed by atoms with Gasteiger partial charge >= 0.3 is 59.7 Å². The maximum Gasteiger partial charge on any atom is 0.347 e. The van der Waals surface area contributed by atoms with Crippen LogP contribution in [-0.4, -0.2) is 124 Å². The Morgan fingerprint density at radius 3 is 1.19 bits per heavy atom. The quantitative estimate of drug-likeness (QED) is 0.144. The Morgan fingerprint density at radius 2 is 0.870 bits per heavy atom. The molecule has 4 aliphatic heterocycles. The zero-order valence-electron chi connectivity index (χ0n) is 29.5. The van der Waals surface area contributed by atoms with E-state index in [1.165, 1.54) is 13.8 Å². The predicted molar refractivity (Wildman–Crippen MR) is 174 cm³/mol. The van der Waals surface area contributed by atoms with Crippen LogP contribution in [0, 0.1) is 0 Å². The van der Waals surface area contributed by atoms with Crippen LogP contribution < -0.4 is 0 Å². The first-order chi connectivity index (χ1) is 25.5. The molecule has 4 fully saturated rings. The molecule has 20 heteroatoms. The van der Waals surface area contributed by atoms with Gasteiger partial charge in [0.1, 0.15) is 0 Å². The molecule has 0 bridgehead atoms. The summed E-state index contributed by atoms with van der Waals surface area (Å²) in [5.74, 6) is -6.17. The van der Waals surface area contributed by atoms with Gasteiger partial charge < -0.3 is 47.4 Å². The molecule has 0 N–H and O–H groups in total. The van der Waals surface area contributed by atoms with Gasteiger partial charge in [-0.05, 0) is 13.8 Å². The molecule has 54 heavy (non-hydrogen) atoms. The molecule has 0 amide bonds. The molecular formula is C34H40O20. The molecule has 296 valence electrons. The lowest BCUT2D eigenvalue weighted by molar-refractivity contribution is -0.166. The van der Waals surface area contributed by atoms with Crippen LogP contribution in [-0.2, 0) is 95.3 Å². The first kappa shape index (κ1) is 45.7. The second-order valence-electron chi connectivity index (χ2n) is 10.8. The topological polar surface area (TPSA) is 263 Å². The SMILES string of the molecule is C=C(C)C(=O)OC1CCOC1=O.C=C(C)C(=O)OCC(=O)OC1CCOC1=O.C=CC(=O)OC1CCOC1=O.C=CC(=O)OCC(=O)OC1CCOC1=O. The Labute approximate surface area is 308 Å². The molecule has 0 aliphatic carbocycles. The molecule has 4 atom stereocenters. The van der Waals surface area contributed by atoms with Gasteiger partial charge in [-0.15, -0.1) is 0 Å². The van der Waals surface area contributed by atoms with Crippen molar-refractivity contribution in [3.63, 3.8) is 0 Å². The van der Waals surface area contributed by atoms with Crippen molar-refractivity contribution >= 4 is 59.7 Å². The standard InChI is InChI=1S/C10H12O6.C9H10O6.C8H10O4.C7H8O4/c1-6(2)9(12)15-5-8(11)16-7-3-4-14-10(7)13;1-2-7(10)14-5-8(11)15-6-3-4-13-9(6)12;1-5(2)7(9)12-6-3-4-11-8(6)10;1-2-6(8)11-5-3-4-10-7(5)9/h7H,1,3-5H2,2H3;2,6H,1,3-5H2;6H,1,3-4H2,2H3;2,5H,1,3-4H2. The third kappa shape index (κ3) is 17.7. The van der Waals surface area contributed by atoms with Gasteiger partial charge in [-0.25, -0.2) is 47.9 Å². The first-order valence-electron chi connectivity index (χ1n) is 15.9. The van der Waals surface area contributed by atoms with Crippen molar-refractivity contribution in [3.05, 3.63) is 49.6 Å². The van der Waals surface area contributed by atoms with Gasteiger partial charge in [0.15, 0.2) is 13.2 Å². The van der Waals surface area contributed by atoms with E-state index >= 15 is 0 Å². The fourth-order valence-electron chi connectivity index (χ4n) is 3.58. The molecule has 4 rings (SSSR count). The highest BCUT2D eigenvalue weighted by molar-refractivity contribution is 5.90. The van der Waals surface area contributed by atoms with Crippen LogP contribution >= 0.6 is 0 Å². The Hall–Kier alpha value is -6.34. The van der Waals surface area contributed by atoms with Crippen molar-refractivity contribution in [2.24, 2.45) is 0 Å². The molecule has 0 aromatic carbocycles. The third-order valence-corrected chi connectivity index (χ3v) is 6.29. The fourth-order valence-corrected chi connectivity index (χ4v) is 3.58. The van der Waals surface area contributed by atoms with Crippen LogP contribution in [0.1, 0.15) is 39.5 Å². The van der Waals surface area contributed by atoms with Gasteiger partial charge in [-0.1, -0.05) is 26.3 Å². The van der Waals surface area contributed by atoms with E-state index in [1.807, 2.05) is 0 Å². The Kier molecular flexibility index (Phi) is 20.3. The van der Waals surface area contributed by atoms with E-state index in [1.54, 1.807) is 0 Å². The Balaban J connectivity index is 0.000000364. The molecule has 0 spiro atoms. The summed E-state index contributed by atoms with van der Waals surface area (Å²) >= 11 is 0. The van der Waals surface area contributed by atoms with E-state index in [4.69, 9.17) is 14.2 Å². The van der Waals surface area contributed by atoms with E-state index in [2.05, 4.69) is 59.5 Å². The van der Waals surface area contributed by atoms with Gasteiger partial charge in [0.05, 0.1) is 26.4 Å². The Morgan fingerprint density at radius 1 is 0.537 bits per heavy atom. The van der Waals surface area contributed by atoms with Gasteiger partial charge in [0.25, 0.3) is 0 Å². The molecule has 0 aromatic rings. The molecule has 0 aromatic heterocycles. The minimum atomic E-state index is -0.879. The Bertz CT molecular complexity index is 1490. The van der Waals surface area contributed by atoms with Crippen LogP contribution in [0.5, 0.6) is 0 Å². The summed E-state index contributed by atoms with van der Waals surface area (Å²) in [5.41, 5.74) is 0.475. The minimum Gasteiger partial charge on any atom is -0.463 e. The highest BCUT2D eigenvalue weighted by Crippen LogP contribution is 2.13. The molecule has 20 nitrogen and oxygen atoms in total. The van der Waals surface area contributed by atoms with E-state index in [0.717, 1.165) is 12.2 Å². The largest absolute Gasteiger partial charge is 0.463 e. The zero-order chi connectivity index (χ0) is 40.8. The van der Waals surface area contributed by atoms with Gasteiger partial charge in [0.2, 0.25) is 24.4 Å². The summed E-state index contributed by atoms with van der Waals surface area (Å²) in [4.78, 5) is 108. The second-order valence-corrected chi connectivity index (χ2v) is 10.8. The number of hydrogen-bond acceptors (Lipinski definition) is 20. The van der Waals surface area contributed by atoms with Crippen molar-refractivity contribution in [1.29, 1.82) is 0 Å². The summed E-state index contributed by atoms with van der Waals surface area (Å²) in [7, 11) is 0. The van der Waals surface area contributed by atoms with E-state index in [0.29, 0.717) is 38.9 Å². The van der Waals surface area contributed by atoms with Crippen molar-refractivity contribution in [2.45, 2.75) is 63.9 Å². The zero-order valence-corrected chi connectivity index (χ0v) is 29.5. The average molecular weight is 769 g/mol. The lowest BCUT2D eigenvalue weighted by atomic mass is 10.3. The number of carbonyl (C=O) groups is 10. The van der Waals surface area contributed by atoms with E-state index in [9.17, 15) is 47.9 Å². The first-order valence-corrected chi connectivity index (χ1v) is 15.9. The molecular weight excluding hydrogens is 728 g/mol. The predicted octanol–water partition coefficient (Wildman–Crippen LogP) is -0.00900. The normalized spacial score (nSPS) is 20.3. The molecule has 0 radical (unpaired) electrons. The summed E-state index contributed by atoms with van der Waals surface area (Å²) in [6.45, 7) is 16.2. The van der Waals surface area contributed by atoms with Crippen LogP contribution in [0.2, 0.25) is 0 Å². The summed E-state index contributed by atoms with van der Waals surface area (Å²) < 4.78 is 46.1. The summed E-state index contributed by atoms with van der Waals surface area (Å²) in [6, 6.07) is 0. The smallest absolute Gasteiger partial charge is 0.347 e. The maximum atomic E-state index is 11.1. The molecule has 4 saturated heterocycles. The average Bonchev–Trinajstić information content (AvgIpc) is 3.94. The minimum absolute atomic E-state index is 0.188. The highest BCUT2D eigenvalue weighted by atomic mass is 16.6.